The minimum atomic E-state index is 1.01. The van der Waals surface area contributed by atoms with E-state index in [1.165, 1.54) is 16.5 Å². The van der Waals surface area contributed by atoms with Crippen LogP contribution >= 0.6 is 0 Å². The molecular formula is C14H18N2. The van der Waals surface area contributed by atoms with Crippen LogP contribution < -0.4 is 5.32 Å². The highest BCUT2D eigenvalue weighted by atomic mass is 15.0. The van der Waals surface area contributed by atoms with Gasteiger partial charge in [-0.2, -0.15) is 0 Å². The average Bonchev–Trinajstić information content (AvgIpc) is 2.28. The number of rotatable bonds is 3. The zero-order chi connectivity index (χ0) is 11.5. The Hall–Kier alpha value is -1.57. The van der Waals surface area contributed by atoms with Crippen molar-refractivity contribution in [3.8, 4) is 0 Å². The number of anilines is 1. The van der Waals surface area contributed by atoms with Gasteiger partial charge in [0.25, 0.3) is 0 Å². The van der Waals surface area contributed by atoms with Crippen molar-refractivity contribution in [3.63, 3.8) is 0 Å². The van der Waals surface area contributed by atoms with Crippen molar-refractivity contribution in [1.29, 1.82) is 0 Å². The van der Waals surface area contributed by atoms with Gasteiger partial charge < -0.3 is 5.32 Å². The minimum absolute atomic E-state index is 1.01. The molecule has 2 nitrogen and oxygen atoms in total. The normalized spacial score (nSPS) is 10.7. The number of hydrogen-bond donors (Lipinski definition) is 1. The first kappa shape index (κ1) is 10.9. The first-order chi connectivity index (χ1) is 7.74. The molecule has 2 heteroatoms. The maximum absolute atomic E-state index is 4.64. The fraction of sp³-hybridized carbons (Fsp3) is 0.357. The van der Waals surface area contributed by atoms with E-state index < -0.39 is 0 Å². The molecule has 2 rings (SSSR count). The number of hydrogen-bond acceptors (Lipinski definition) is 2. The third-order valence-electron chi connectivity index (χ3n) is 2.81. The summed E-state index contributed by atoms with van der Waals surface area (Å²) >= 11 is 0. The topological polar surface area (TPSA) is 24.9 Å². The average molecular weight is 214 g/mol. The van der Waals surface area contributed by atoms with Gasteiger partial charge in [-0.05, 0) is 37.1 Å². The number of aromatic nitrogens is 1. The van der Waals surface area contributed by atoms with Crippen LogP contribution in [-0.4, -0.2) is 12.0 Å². The molecule has 0 bridgehead atoms. The fourth-order valence-electron chi connectivity index (χ4n) is 2.02. The zero-order valence-corrected chi connectivity index (χ0v) is 10.2. The molecule has 1 aromatic carbocycles. The van der Waals surface area contributed by atoms with Crippen molar-refractivity contribution in [2.24, 2.45) is 0 Å². The molecule has 1 heterocycles. The lowest BCUT2D eigenvalue weighted by atomic mass is 10.1. The van der Waals surface area contributed by atoms with Gasteiger partial charge in [-0.25, -0.2) is 4.98 Å². The van der Waals surface area contributed by atoms with Gasteiger partial charge in [0.05, 0.1) is 5.52 Å². The summed E-state index contributed by atoms with van der Waals surface area (Å²) in [6.07, 6.45) is 2.22. The number of benzene rings is 1. The summed E-state index contributed by atoms with van der Waals surface area (Å²) in [7, 11) is 1.93. The van der Waals surface area contributed by atoms with Crippen LogP contribution in [0.15, 0.2) is 24.3 Å². The van der Waals surface area contributed by atoms with Crippen LogP contribution in [0.4, 0.5) is 5.82 Å². The van der Waals surface area contributed by atoms with E-state index in [0.717, 1.165) is 24.2 Å². The summed E-state index contributed by atoms with van der Waals surface area (Å²) in [6.45, 7) is 4.31. The lowest BCUT2D eigenvalue weighted by Gasteiger charge is -2.09. The van der Waals surface area contributed by atoms with Crippen LogP contribution in [0.5, 0.6) is 0 Å². The second kappa shape index (κ2) is 4.52. The van der Waals surface area contributed by atoms with Gasteiger partial charge in [0.15, 0.2) is 0 Å². The molecule has 84 valence electrons. The highest BCUT2D eigenvalue weighted by Crippen LogP contribution is 2.22. The van der Waals surface area contributed by atoms with Gasteiger partial charge >= 0.3 is 0 Å². The molecule has 1 N–H and O–H groups in total. The van der Waals surface area contributed by atoms with Gasteiger partial charge in [-0.1, -0.05) is 25.0 Å². The molecule has 0 aliphatic carbocycles. The summed E-state index contributed by atoms with van der Waals surface area (Å²) in [5, 5.41) is 4.41. The molecule has 1 aromatic heterocycles. The Morgan fingerprint density at radius 2 is 2.06 bits per heavy atom. The monoisotopic (exact) mass is 214 g/mol. The SMILES string of the molecule is CCCc1cc2cc(C)ccc2nc1NC. The first-order valence-corrected chi connectivity index (χ1v) is 5.82. The highest BCUT2D eigenvalue weighted by molar-refractivity contribution is 5.82. The van der Waals surface area contributed by atoms with Crippen LogP contribution in [0, 0.1) is 6.92 Å². The predicted octanol–water partition coefficient (Wildman–Crippen LogP) is 3.54. The van der Waals surface area contributed by atoms with Gasteiger partial charge in [0, 0.05) is 12.4 Å². The summed E-state index contributed by atoms with van der Waals surface area (Å²) in [5.41, 5.74) is 3.66. The Bertz CT molecular complexity index is 503. The Morgan fingerprint density at radius 1 is 1.25 bits per heavy atom. The van der Waals surface area contributed by atoms with Crippen LogP contribution in [0.25, 0.3) is 10.9 Å². The number of nitrogens with zero attached hydrogens (tertiary/aromatic N) is 1. The Kier molecular flexibility index (Phi) is 3.09. The van der Waals surface area contributed by atoms with E-state index in [9.17, 15) is 0 Å². The number of fused-ring (bicyclic) bond motifs is 1. The highest BCUT2D eigenvalue weighted by Gasteiger charge is 2.04. The van der Waals surface area contributed by atoms with E-state index in [0.29, 0.717) is 0 Å². The largest absolute Gasteiger partial charge is 0.373 e. The molecule has 0 amide bonds. The predicted molar refractivity (Wildman–Crippen MR) is 70.0 cm³/mol. The first-order valence-electron chi connectivity index (χ1n) is 5.82. The van der Waals surface area contributed by atoms with Crippen LogP contribution in [-0.2, 0) is 6.42 Å². The third kappa shape index (κ3) is 2.01. The molecule has 16 heavy (non-hydrogen) atoms. The van der Waals surface area contributed by atoms with E-state index >= 15 is 0 Å². The number of nitrogens with one attached hydrogen (secondary N) is 1. The van der Waals surface area contributed by atoms with Crippen molar-refractivity contribution in [2.45, 2.75) is 26.7 Å². The molecule has 0 fully saturated rings. The van der Waals surface area contributed by atoms with Gasteiger partial charge in [-0.15, -0.1) is 0 Å². The van der Waals surface area contributed by atoms with Gasteiger partial charge in [-0.3, -0.25) is 0 Å². The van der Waals surface area contributed by atoms with Crippen molar-refractivity contribution in [1.82, 2.24) is 4.98 Å². The Morgan fingerprint density at radius 3 is 2.75 bits per heavy atom. The smallest absolute Gasteiger partial charge is 0.129 e. The molecule has 0 unspecified atom stereocenters. The standard InChI is InChI=1S/C14H18N2/c1-4-5-11-9-12-8-10(2)6-7-13(12)16-14(11)15-3/h6-9H,4-5H2,1-3H3,(H,15,16). The summed E-state index contributed by atoms with van der Waals surface area (Å²) in [4.78, 5) is 4.64. The van der Waals surface area contributed by atoms with Crippen LogP contribution in [0.2, 0.25) is 0 Å². The molecule has 0 saturated carbocycles. The van der Waals surface area contributed by atoms with E-state index in [1.54, 1.807) is 0 Å². The minimum Gasteiger partial charge on any atom is -0.373 e. The lowest BCUT2D eigenvalue weighted by molar-refractivity contribution is 0.919. The summed E-state index contributed by atoms with van der Waals surface area (Å²) in [6, 6.07) is 8.64. The fourth-order valence-corrected chi connectivity index (χ4v) is 2.02. The van der Waals surface area contributed by atoms with Gasteiger partial charge in [0.2, 0.25) is 0 Å². The summed E-state index contributed by atoms with van der Waals surface area (Å²) < 4.78 is 0. The van der Waals surface area contributed by atoms with Crippen LogP contribution in [0.3, 0.4) is 0 Å². The third-order valence-corrected chi connectivity index (χ3v) is 2.81. The van der Waals surface area contributed by atoms with E-state index in [-0.39, 0.29) is 0 Å². The van der Waals surface area contributed by atoms with E-state index in [1.807, 2.05) is 7.05 Å². The van der Waals surface area contributed by atoms with Crippen molar-refractivity contribution in [3.05, 3.63) is 35.4 Å². The Balaban J connectivity index is 2.60. The summed E-state index contributed by atoms with van der Waals surface area (Å²) in [5.74, 6) is 1.01. The molecule has 0 spiro atoms. The Labute approximate surface area is 96.7 Å². The second-order valence-corrected chi connectivity index (χ2v) is 4.19. The molecular weight excluding hydrogens is 196 g/mol. The van der Waals surface area contributed by atoms with Crippen molar-refractivity contribution >= 4 is 16.7 Å². The molecule has 0 saturated heterocycles. The number of pyridine rings is 1. The molecule has 0 aliphatic rings. The van der Waals surface area contributed by atoms with E-state index in [2.05, 4.69) is 48.4 Å². The molecule has 0 aliphatic heterocycles. The second-order valence-electron chi connectivity index (χ2n) is 4.19. The molecule has 2 aromatic rings. The maximum Gasteiger partial charge on any atom is 0.129 e. The van der Waals surface area contributed by atoms with E-state index in [4.69, 9.17) is 0 Å². The zero-order valence-electron chi connectivity index (χ0n) is 10.2. The molecule has 0 atom stereocenters. The number of aryl methyl sites for hydroxylation is 2. The molecule has 0 radical (unpaired) electrons. The van der Waals surface area contributed by atoms with Crippen molar-refractivity contribution < 1.29 is 0 Å². The van der Waals surface area contributed by atoms with Gasteiger partial charge in [0.1, 0.15) is 5.82 Å². The maximum atomic E-state index is 4.64. The quantitative estimate of drug-likeness (QED) is 0.845. The lowest BCUT2D eigenvalue weighted by Crippen LogP contribution is -1.99. The van der Waals surface area contributed by atoms with Crippen LogP contribution in [0.1, 0.15) is 24.5 Å². The van der Waals surface area contributed by atoms with Crippen molar-refractivity contribution in [2.75, 3.05) is 12.4 Å².